The van der Waals surface area contributed by atoms with E-state index in [0.717, 1.165) is 31.3 Å². The molecule has 20 heavy (non-hydrogen) atoms. The van der Waals surface area contributed by atoms with E-state index in [1.807, 2.05) is 0 Å². The summed E-state index contributed by atoms with van der Waals surface area (Å²) in [6.45, 7) is 7.13. The molecule has 0 spiro atoms. The highest BCUT2D eigenvalue weighted by atomic mass is 16.5. The largest absolute Gasteiger partial charge is 0.389 e. The summed E-state index contributed by atoms with van der Waals surface area (Å²) in [7, 11) is 0. The van der Waals surface area contributed by atoms with Gasteiger partial charge >= 0.3 is 0 Å². The Bertz CT molecular complexity index is 268. The van der Waals surface area contributed by atoms with Crippen LogP contribution in [0, 0.1) is 11.8 Å². The van der Waals surface area contributed by atoms with E-state index in [2.05, 4.69) is 19.2 Å². The first-order valence-electron chi connectivity index (χ1n) is 8.31. The average molecular weight is 285 g/mol. The molecule has 0 aromatic carbocycles. The highest BCUT2D eigenvalue weighted by Gasteiger charge is 2.31. The highest BCUT2D eigenvalue weighted by Crippen LogP contribution is 2.33. The Morgan fingerprint density at radius 3 is 2.85 bits per heavy atom. The lowest BCUT2D eigenvalue weighted by Gasteiger charge is -2.22. The molecule has 4 heteroatoms. The zero-order valence-corrected chi connectivity index (χ0v) is 13.0. The quantitative estimate of drug-likeness (QED) is 0.716. The van der Waals surface area contributed by atoms with Crippen LogP contribution in [0.25, 0.3) is 0 Å². The molecule has 1 saturated heterocycles. The van der Waals surface area contributed by atoms with Crippen molar-refractivity contribution in [2.45, 2.75) is 64.2 Å². The van der Waals surface area contributed by atoms with Crippen LogP contribution in [-0.4, -0.2) is 49.7 Å². The topological polar surface area (TPSA) is 50.7 Å². The van der Waals surface area contributed by atoms with Gasteiger partial charge in [-0.25, -0.2) is 0 Å². The average Bonchev–Trinajstić information content (AvgIpc) is 3.06. The van der Waals surface area contributed by atoms with E-state index >= 15 is 0 Å². The van der Waals surface area contributed by atoms with Gasteiger partial charge < -0.3 is 19.9 Å². The maximum Gasteiger partial charge on any atom is 0.0897 e. The molecule has 0 amide bonds. The summed E-state index contributed by atoms with van der Waals surface area (Å²) in [6.07, 6.45) is 5.89. The van der Waals surface area contributed by atoms with Gasteiger partial charge in [0.2, 0.25) is 0 Å². The van der Waals surface area contributed by atoms with Crippen LogP contribution in [0.4, 0.5) is 0 Å². The standard InChI is InChI=1S/C16H31NO3/c1-3-13-6-7-16(12(13)2)17-9-14(18)10-19-11-15-5-4-8-20-15/h12-18H,3-11H2,1-2H3. The Morgan fingerprint density at radius 1 is 1.35 bits per heavy atom. The molecular formula is C16H31NO3. The van der Waals surface area contributed by atoms with E-state index < -0.39 is 6.10 Å². The Kier molecular flexibility index (Phi) is 6.75. The first-order valence-corrected chi connectivity index (χ1v) is 8.31. The van der Waals surface area contributed by atoms with Crippen molar-refractivity contribution in [1.82, 2.24) is 5.32 Å². The van der Waals surface area contributed by atoms with Crippen LogP contribution in [0.1, 0.15) is 46.0 Å². The molecule has 5 unspecified atom stereocenters. The van der Waals surface area contributed by atoms with E-state index in [1.54, 1.807) is 0 Å². The summed E-state index contributed by atoms with van der Waals surface area (Å²) in [5.74, 6) is 1.57. The normalized spacial score (nSPS) is 35.5. The fourth-order valence-electron chi connectivity index (χ4n) is 3.57. The molecule has 1 heterocycles. The van der Waals surface area contributed by atoms with Crippen LogP contribution < -0.4 is 5.32 Å². The summed E-state index contributed by atoms with van der Waals surface area (Å²) >= 11 is 0. The highest BCUT2D eigenvalue weighted by molar-refractivity contribution is 4.86. The maximum absolute atomic E-state index is 9.96. The minimum Gasteiger partial charge on any atom is -0.389 e. The van der Waals surface area contributed by atoms with E-state index in [4.69, 9.17) is 9.47 Å². The molecule has 2 aliphatic rings. The zero-order valence-electron chi connectivity index (χ0n) is 13.0. The number of hydrogen-bond donors (Lipinski definition) is 2. The minimum absolute atomic E-state index is 0.246. The summed E-state index contributed by atoms with van der Waals surface area (Å²) in [5.41, 5.74) is 0. The van der Waals surface area contributed by atoms with Gasteiger partial charge in [-0.15, -0.1) is 0 Å². The maximum atomic E-state index is 9.96. The summed E-state index contributed by atoms with van der Waals surface area (Å²) in [6, 6.07) is 0.563. The molecule has 0 aromatic heterocycles. The third-order valence-electron chi connectivity index (χ3n) is 5.00. The molecule has 4 nitrogen and oxygen atoms in total. The second-order valence-electron chi connectivity index (χ2n) is 6.45. The van der Waals surface area contributed by atoms with Gasteiger partial charge in [-0.2, -0.15) is 0 Å². The number of aliphatic hydroxyl groups excluding tert-OH is 1. The van der Waals surface area contributed by atoms with Crippen molar-refractivity contribution >= 4 is 0 Å². The van der Waals surface area contributed by atoms with Crippen LogP contribution in [0.15, 0.2) is 0 Å². The smallest absolute Gasteiger partial charge is 0.0897 e. The molecule has 1 aliphatic heterocycles. The van der Waals surface area contributed by atoms with Crippen LogP contribution in [0.5, 0.6) is 0 Å². The van der Waals surface area contributed by atoms with Crippen molar-refractivity contribution in [2.75, 3.05) is 26.4 Å². The van der Waals surface area contributed by atoms with Crippen LogP contribution in [0.2, 0.25) is 0 Å². The molecule has 2 fully saturated rings. The predicted octanol–water partition coefficient (Wildman–Crippen LogP) is 1.96. The van der Waals surface area contributed by atoms with Gasteiger partial charge in [-0.3, -0.25) is 0 Å². The Hall–Kier alpha value is -0.160. The molecule has 0 aromatic rings. The van der Waals surface area contributed by atoms with E-state index in [-0.39, 0.29) is 6.10 Å². The van der Waals surface area contributed by atoms with Crippen molar-refractivity contribution in [1.29, 1.82) is 0 Å². The number of ether oxygens (including phenoxy) is 2. The second kappa shape index (κ2) is 8.32. The molecule has 1 aliphatic carbocycles. The van der Waals surface area contributed by atoms with Crippen molar-refractivity contribution in [2.24, 2.45) is 11.8 Å². The molecule has 5 atom stereocenters. The fraction of sp³-hybridized carbons (Fsp3) is 1.00. The fourth-order valence-corrected chi connectivity index (χ4v) is 3.57. The molecular weight excluding hydrogens is 254 g/mol. The lowest BCUT2D eigenvalue weighted by atomic mass is 9.93. The Morgan fingerprint density at radius 2 is 2.20 bits per heavy atom. The van der Waals surface area contributed by atoms with Gasteiger partial charge in [0.1, 0.15) is 0 Å². The summed E-state index contributed by atoms with van der Waals surface area (Å²) in [4.78, 5) is 0. The van der Waals surface area contributed by atoms with Crippen molar-refractivity contribution in [3.63, 3.8) is 0 Å². The molecule has 2 N–H and O–H groups in total. The van der Waals surface area contributed by atoms with Gasteiger partial charge in [0.15, 0.2) is 0 Å². The van der Waals surface area contributed by atoms with Gasteiger partial charge in [0.05, 0.1) is 25.4 Å². The Balaban J connectivity index is 1.54. The first-order chi connectivity index (χ1) is 9.70. The number of rotatable bonds is 8. The van der Waals surface area contributed by atoms with Gasteiger partial charge in [0.25, 0.3) is 0 Å². The second-order valence-corrected chi connectivity index (χ2v) is 6.45. The number of aliphatic hydroxyl groups is 1. The van der Waals surface area contributed by atoms with Crippen LogP contribution in [0.3, 0.4) is 0 Å². The SMILES string of the molecule is CCC1CCC(NCC(O)COCC2CCCO2)C1C. The Labute approximate surface area is 123 Å². The van der Waals surface area contributed by atoms with Gasteiger partial charge in [-0.05, 0) is 37.5 Å². The molecule has 118 valence electrons. The minimum atomic E-state index is -0.413. The third kappa shape index (κ3) is 4.69. The lowest BCUT2D eigenvalue weighted by Crippen LogP contribution is -2.39. The molecule has 0 bridgehead atoms. The molecule has 0 radical (unpaired) electrons. The summed E-state index contributed by atoms with van der Waals surface area (Å²) < 4.78 is 11.0. The van der Waals surface area contributed by atoms with Crippen molar-refractivity contribution < 1.29 is 14.6 Å². The summed E-state index contributed by atoms with van der Waals surface area (Å²) in [5, 5.41) is 13.5. The predicted molar refractivity (Wildman–Crippen MR) is 79.8 cm³/mol. The zero-order chi connectivity index (χ0) is 14.4. The lowest BCUT2D eigenvalue weighted by molar-refractivity contribution is -0.0171. The molecule has 1 saturated carbocycles. The molecule has 2 rings (SSSR count). The third-order valence-corrected chi connectivity index (χ3v) is 5.00. The van der Waals surface area contributed by atoms with E-state index in [9.17, 15) is 5.11 Å². The van der Waals surface area contributed by atoms with E-state index in [0.29, 0.717) is 25.8 Å². The van der Waals surface area contributed by atoms with Gasteiger partial charge in [0, 0.05) is 19.2 Å². The number of hydrogen-bond acceptors (Lipinski definition) is 4. The van der Waals surface area contributed by atoms with Crippen LogP contribution >= 0.6 is 0 Å². The van der Waals surface area contributed by atoms with Gasteiger partial charge in [-0.1, -0.05) is 20.3 Å². The van der Waals surface area contributed by atoms with Crippen LogP contribution in [-0.2, 0) is 9.47 Å². The van der Waals surface area contributed by atoms with Crippen molar-refractivity contribution in [3.05, 3.63) is 0 Å². The monoisotopic (exact) mass is 285 g/mol. The number of nitrogens with one attached hydrogen (secondary N) is 1. The first kappa shape index (κ1) is 16.2. The van der Waals surface area contributed by atoms with E-state index in [1.165, 1.54) is 19.3 Å². The van der Waals surface area contributed by atoms with Crippen molar-refractivity contribution in [3.8, 4) is 0 Å².